The summed E-state index contributed by atoms with van der Waals surface area (Å²) in [5, 5.41) is 8.28. The average Bonchev–Trinajstić information content (AvgIpc) is 3.22. The van der Waals surface area contributed by atoms with Crippen LogP contribution in [-0.2, 0) is 10.0 Å². The molecule has 3 aromatic rings. The molecule has 0 spiro atoms. The molecule has 24 heavy (non-hydrogen) atoms. The number of rotatable bonds is 3. The zero-order valence-electron chi connectivity index (χ0n) is 12.6. The van der Waals surface area contributed by atoms with Crippen LogP contribution in [0, 0.1) is 0 Å². The summed E-state index contributed by atoms with van der Waals surface area (Å²) in [4.78, 5) is 2.29. The molecule has 4 rings (SSSR count). The van der Waals surface area contributed by atoms with Crippen LogP contribution in [0.15, 0.2) is 44.5 Å². The molecule has 0 saturated carbocycles. The number of halogens is 1. The number of hydrogen-bond donors (Lipinski definition) is 1. The number of hydrogen-bond acceptors (Lipinski definition) is 6. The molecule has 1 saturated heterocycles. The number of fused-ring (bicyclic) bond motifs is 1. The maximum absolute atomic E-state index is 12.8. The first-order valence-corrected chi connectivity index (χ1v) is 10.5. The van der Waals surface area contributed by atoms with Crippen LogP contribution >= 0.6 is 27.3 Å². The lowest BCUT2D eigenvalue weighted by Gasteiger charge is -2.29. The summed E-state index contributed by atoms with van der Waals surface area (Å²) in [7, 11) is -3.67. The van der Waals surface area contributed by atoms with Crippen LogP contribution in [0.25, 0.3) is 10.9 Å². The van der Waals surface area contributed by atoms with Gasteiger partial charge in [-0.3, -0.25) is 0 Å². The molecule has 1 N–H and O–H groups in total. The fourth-order valence-electron chi connectivity index (χ4n) is 2.83. The molecule has 0 amide bonds. The Labute approximate surface area is 152 Å². The molecule has 1 aliphatic rings. The van der Waals surface area contributed by atoms with Crippen LogP contribution in [0.3, 0.4) is 0 Å². The van der Waals surface area contributed by atoms with Crippen LogP contribution in [0.1, 0.15) is 0 Å². The highest BCUT2D eigenvalue weighted by Gasteiger charge is 2.22. The molecule has 0 radical (unpaired) electrons. The van der Waals surface area contributed by atoms with E-state index in [1.807, 2.05) is 18.2 Å². The first-order chi connectivity index (χ1) is 11.6. The maximum Gasteiger partial charge on any atom is 0.293 e. The number of benzene rings is 1. The third kappa shape index (κ3) is 2.75. The molecule has 0 atom stereocenters. The van der Waals surface area contributed by atoms with Gasteiger partial charge in [0.25, 0.3) is 10.0 Å². The van der Waals surface area contributed by atoms with Crippen molar-refractivity contribution in [1.29, 1.82) is 0 Å². The van der Waals surface area contributed by atoms with Crippen molar-refractivity contribution in [2.75, 3.05) is 31.1 Å². The van der Waals surface area contributed by atoms with Crippen LogP contribution in [0.5, 0.6) is 0 Å². The predicted molar refractivity (Wildman–Crippen MR) is 99.4 cm³/mol. The Morgan fingerprint density at radius 2 is 1.96 bits per heavy atom. The third-order valence-electron chi connectivity index (χ3n) is 4.03. The Kier molecular flexibility index (Phi) is 4.11. The van der Waals surface area contributed by atoms with Gasteiger partial charge in [0, 0.05) is 37.3 Å². The van der Waals surface area contributed by atoms with Crippen molar-refractivity contribution in [2.24, 2.45) is 0 Å². The van der Waals surface area contributed by atoms with Crippen molar-refractivity contribution in [1.82, 2.24) is 14.5 Å². The molecule has 9 heteroatoms. The molecular weight excluding hydrogens is 412 g/mol. The van der Waals surface area contributed by atoms with Crippen molar-refractivity contribution in [3.8, 4) is 0 Å². The van der Waals surface area contributed by atoms with Crippen molar-refractivity contribution < 1.29 is 8.42 Å². The third-order valence-corrected chi connectivity index (χ3v) is 7.72. The average molecular weight is 427 g/mol. The summed E-state index contributed by atoms with van der Waals surface area (Å²) in [6, 6.07) is 9.12. The molecule has 0 unspecified atom stereocenters. The van der Waals surface area contributed by atoms with E-state index in [2.05, 4.69) is 31.2 Å². The van der Waals surface area contributed by atoms with E-state index in [1.165, 1.54) is 11.3 Å². The van der Waals surface area contributed by atoms with E-state index >= 15 is 0 Å². The van der Waals surface area contributed by atoms with Crippen LogP contribution in [0.4, 0.5) is 5.69 Å². The predicted octanol–water partition coefficient (Wildman–Crippen LogP) is 2.51. The van der Waals surface area contributed by atoms with Gasteiger partial charge in [0.1, 0.15) is 4.21 Å². The second kappa shape index (κ2) is 6.14. The first-order valence-electron chi connectivity index (χ1n) is 7.50. The minimum atomic E-state index is -3.67. The standard InChI is InChI=1S/C15H15BrN4O2S2/c16-14-3-4-15(23-14)24(21,22)20-13-2-1-12(9-11(13)10-18-20)19-7-5-17-6-8-19/h1-4,9-10,17H,5-8H2. The summed E-state index contributed by atoms with van der Waals surface area (Å²) in [5.74, 6) is 0. The Bertz CT molecular complexity index is 990. The van der Waals surface area contributed by atoms with E-state index in [1.54, 1.807) is 18.3 Å². The Hall–Kier alpha value is -1.42. The summed E-state index contributed by atoms with van der Waals surface area (Å²) in [6.07, 6.45) is 1.61. The quantitative estimate of drug-likeness (QED) is 0.696. The van der Waals surface area contributed by atoms with Crippen molar-refractivity contribution in [3.63, 3.8) is 0 Å². The van der Waals surface area contributed by atoms with Gasteiger partial charge in [0.15, 0.2) is 0 Å². The summed E-state index contributed by atoms with van der Waals surface area (Å²) in [6.45, 7) is 3.81. The molecule has 0 aliphatic carbocycles. The lowest BCUT2D eigenvalue weighted by Crippen LogP contribution is -2.43. The first kappa shape index (κ1) is 16.1. The van der Waals surface area contributed by atoms with Crippen LogP contribution in [0.2, 0.25) is 0 Å². The smallest absolute Gasteiger partial charge is 0.293 e. The van der Waals surface area contributed by atoms with E-state index in [9.17, 15) is 8.42 Å². The van der Waals surface area contributed by atoms with Gasteiger partial charge in [-0.1, -0.05) is 0 Å². The molecule has 126 valence electrons. The molecule has 0 bridgehead atoms. The summed E-state index contributed by atoms with van der Waals surface area (Å²) in [5.41, 5.74) is 1.69. The second-order valence-corrected chi connectivity index (χ2v) is 9.99. The Morgan fingerprint density at radius 3 is 2.67 bits per heavy atom. The molecule has 1 fully saturated rings. The van der Waals surface area contributed by atoms with Gasteiger partial charge in [-0.15, -0.1) is 11.3 Å². The van der Waals surface area contributed by atoms with Crippen molar-refractivity contribution >= 4 is 53.9 Å². The fraction of sp³-hybridized carbons (Fsp3) is 0.267. The van der Waals surface area contributed by atoms with Gasteiger partial charge in [-0.25, -0.2) is 0 Å². The number of nitrogens with zero attached hydrogens (tertiary/aromatic N) is 3. The van der Waals surface area contributed by atoms with Crippen molar-refractivity contribution in [3.05, 3.63) is 40.3 Å². The van der Waals surface area contributed by atoms with E-state index in [-0.39, 0.29) is 4.21 Å². The van der Waals surface area contributed by atoms with E-state index < -0.39 is 10.0 Å². The number of aromatic nitrogens is 2. The van der Waals surface area contributed by atoms with E-state index in [4.69, 9.17) is 0 Å². The van der Waals surface area contributed by atoms with Gasteiger partial charge in [-0.2, -0.15) is 17.6 Å². The molecule has 3 heterocycles. The Balaban J connectivity index is 1.75. The number of anilines is 1. The molecule has 2 aromatic heterocycles. The van der Waals surface area contributed by atoms with Crippen LogP contribution in [-0.4, -0.2) is 43.8 Å². The lowest BCUT2D eigenvalue weighted by molar-refractivity contribution is 0.584. The summed E-state index contributed by atoms with van der Waals surface area (Å²) >= 11 is 4.49. The lowest BCUT2D eigenvalue weighted by atomic mass is 10.2. The fourth-order valence-corrected chi connectivity index (χ4v) is 6.18. The normalized spacial score (nSPS) is 16.0. The zero-order chi connectivity index (χ0) is 16.7. The Morgan fingerprint density at radius 1 is 1.17 bits per heavy atom. The molecule has 1 aromatic carbocycles. The second-order valence-electron chi connectivity index (χ2n) is 5.53. The SMILES string of the molecule is O=S(=O)(c1ccc(Br)s1)n1ncc2cc(N3CCNCC3)ccc21. The van der Waals surface area contributed by atoms with Gasteiger partial charge in [0.05, 0.1) is 15.5 Å². The number of nitrogens with one attached hydrogen (secondary N) is 1. The highest BCUT2D eigenvalue weighted by atomic mass is 79.9. The topological polar surface area (TPSA) is 67.2 Å². The minimum Gasteiger partial charge on any atom is -0.369 e. The number of thiophene rings is 1. The van der Waals surface area contributed by atoms with Gasteiger partial charge in [-0.05, 0) is 46.3 Å². The number of piperazine rings is 1. The van der Waals surface area contributed by atoms with E-state index in [0.717, 1.165) is 45.1 Å². The van der Waals surface area contributed by atoms with Crippen LogP contribution < -0.4 is 10.2 Å². The van der Waals surface area contributed by atoms with Gasteiger partial charge < -0.3 is 10.2 Å². The highest BCUT2D eigenvalue weighted by Crippen LogP contribution is 2.30. The molecular formula is C15H15BrN4O2S2. The molecule has 1 aliphatic heterocycles. The zero-order valence-corrected chi connectivity index (χ0v) is 15.9. The summed E-state index contributed by atoms with van der Waals surface area (Å²) < 4.78 is 27.7. The van der Waals surface area contributed by atoms with Gasteiger partial charge in [0.2, 0.25) is 0 Å². The minimum absolute atomic E-state index is 0.269. The van der Waals surface area contributed by atoms with E-state index in [0.29, 0.717) is 5.52 Å². The highest BCUT2D eigenvalue weighted by molar-refractivity contribution is 9.11. The largest absolute Gasteiger partial charge is 0.369 e. The van der Waals surface area contributed by atoms with Gasteiger partial charge >= 0.3 is 0 Å². The molecule has 6 nitrogen and oxygen atoms in total. The van der Waals surface area contributed by atoms with Crippen molar-refractivity contribution in [2.45, 2.75) is 4.21 Å². The maximum atomic E-state index is 12.8. The monoisotopic (exact) mass is 426 g/mol.